The number of sulfone groups is 1. The van der Waals surface area contributed by atoms with Crippen LogP contribution < -0.4 is 5.73 Å². The molecule has 4 nitrogen and oxygen atoms in total. The molecular weight excluding hydrogens is 268 g/mol. The normalized spacial score (nSPS) is 28.2. The summed E-state index contributed by atoms with van der Waals surface area (Å²) in [7, 11) is -2.98. The van der Waals surface area contributed by atoms with Crippen LogP contribution in [0.4, 0.5) is 0 Å². The second-order valence-corrected chi connectivity index (χ2v) is 9.01. The van der Waals surface area contributed by atoms with E-state index in [1.54, 1.807) is 18.7 Å². The summed E-state index contributed by atoms with van der Waals surface area (Å²) in [5.74, 6) is 2.76. The maximum atomic E-state index is 12.1. The van der Waals surface area contributed by atoms with Crippen LogP contribution in [0.5, 0.6) is 0 Å². The Morgan fingerprint density at radius 1 is 1.44 bits per heavy atom. The first-order valence-electron chi connectivity index (χ1n) is 6.82. The lowest BCUT2D eigenvalue weighted by Crippen LogP contribution is -2.51. The van der Waals surface area contributed by atoms with Gasteiger partial charge in [0.25, 0.3) is 0 Å². The Labute approximate surface area is 115 Å². The Balaban J connectivity index is 1.94. The highest BCUT2D eigenvalue weighted by Gasteiger charge is 2.34. The summed E-state index contributed by atoms with van der Waals surface area (Å²) in [5.41, 5.74) is 6.15. The molecule has 1 saturated carbocycles. The van der Waals surface area contributed by atoms with Crippen molar-refractivity contribution in [1.82, 2.24) is 4.90 Å². The lowest BCUT2D eigenvalue weighted by Gasteiger charge is -2.36. The molecule has 2 aliphatic rings. The van der Waals surface area contributed by atoms with Gasteiger partial charge in [0.15, 0.2) is 9.84 Å². The largest absolute Gasteiger partial charge is 0.327 e. The number of hydrogen-bond donors (Lipinski definition) is 1. The Kier molecular flexibility index (Phi) is 4.97. The Hall–Kier alpha value is 0.220. The third-order valence-corrected chi connectivity index (χ3v) is 7.14. The summed E-state index contributed by atoms with van der Waals surface area (Å²) in [5, 5.41) is -0.313. The number of nitrogens with two attached hydrogens (primary N) is 1. The zero-order valence-corrected chi connectivity index (χ0v) is 12.7. The molecule has 1 heterocycles. The van der Waals surface area contributed by atoms with E-state index in [0.29, 0.717) is 5.75 Å². The quantitative estimate of drug-likeness (QED) is 0.789. The van der Waals surface area contributed by atoms with Crippen LogP contribution in [0.2, 0.25) is 0 Å². The maximum absolute atomic E-state index is 12.1. The predicted molar refractivity (Wildman–Crippen MR) is 77.5 cm³/mol. The van der Waals surface area contributed by atoms with Gasteiger partial charge >= 0.3 is 0 Å². The minimum Gasteiger partial charge on any atom is -0.327 e. The molecule has 2 atom stereocenters. The van der Waals surface area contributed by atoms with Gasteiger partial charge in [-0.2, -0.15) is 11.8 Å². The number of hydrogen-bond acceptors (Lipinski definition) is 5. The number of thioether (sulfide) groups is 1. The van der Waals surface area contributed by atoms with Crippen molar-refractivity contribution in [2.45, 2.75) is 37.6 Å². The minimum atomic E-state index is -2.98. The molecule has 0 spiro atoms. The molecule has 0 amide bonds. The first-order valence-corrected chi connectivity index (χ1v) is 9.69. The Bertz CT molecular complexity index is 368. The monoisotopic (exact) mass is 292 g/mol. The Morgan fingerprint density at radius 2 is 2.17 bits per heavy atom. The van der Waals surface area contributed by atoms with E-state index < -0.39 is 9.84 Å². The first-order chi connectivity index (χ1) is 8.53. The molecule has 0 bridgehead atoms. The molecular formula is C12H24N2O2S2. The average molecular weight is 292 g/mol. The summed E-state index contributed by atoms with van der Waals surface area (Å²) < 4.78 is 24.2. The molecule has 106 valence electrons. The van der Waals surface area contributed by atoms with Crippen LogP contribution in [0.25, 0.3) is 0 Å². The van der Waals surface area contributed by atoms with E-state index in [1.165, 1.54) is 12.8 Å². The summed E-state index contributed by atoms with van der Waals surface area (Å²) in [6, 6.07) is 0.134. The van der Waals surface area contributed by atoms with Gasteiger partial charge in [0.05, 0.1) is 0 Å². The van der Waals surface area contributed by atoms with E-state index in [2.05, 4.69) is 4.90 Å². The van der Waals surface area contributed by atoms with E-state index in [9.17, 15) is 8.42 Å². The summed E-state index contributed by atoms with van der Waals surface area (Å²) in [6.07, 6.45) is 3.67. The second-order valence-electron chi connectivity index (χ2n) is 5.42. The fourth-order valence-corrected chi connectivity index (χ4v) is 5.60. The zero-order valence-electron chi connectivity index (χ0n) is 11.0. The number of nitrogens with zero attached hydrogens (tertiary/aromatic N) is 1. The highest BCUT2D eigenvalue weighted by atomic mass is 32.2. The topological polar surface area (TPSA) is 63.4 Å². The van der Waals surface area contributed by atoms with Crippen LogP contribution in [0.15, 0.2) is 0 Å². The third-order valence-electron chi connectivity index (χ3n) is 3.81. The van der Waals surface area contributed by atoms with Crippen molar-refractivity contribution >= 4 is 21.6 Å². The summed E-state index contributed by atoms with van der Waals surface area (Å²) >= 11 is 1.74. The van der Waals surface area contributed by atoms with Crippen molar-refractivity contribution in [3.8, 4) is 0 Å². The number of rotatable bonds is 6. The second kappa shape index (κ2) is 6.11. The van der Waals surface area contributed by atoms with Crippen molar-refractivity contribution in [3.05, 3.63) is 0 Å². The van der Waals surface area contributed by atoms with Gasteiger partial charge < -0.3 is 5.73 Å². The first kappa shape index (κ1) is 14.6. The van der Waals surface area contributed by atoms with Gasteiger partial charge in [-0.15, -0.1) is 0 Å². The van der Waals surface area contributed by atoms with E-state index in [4.69, 9.17) is 5.73 Å². The molecule has 0 aromatic rings. The SMILES string of the molecule is CCS(=O)(=O)C1CSCCN1CC(N)CC1CC1. The highest BCUT2D eigenvalue weighted by Crippen LogP contribution is 2.33. The predicted octanol–water partition coefficient (Wildman–Crippen LogP) is 0.923. The molecule has 2 N–H and O–H groups in total. The van der Waals surface area contributed by atoms with Gasteiger partial charge in [-0.05, 0) is 12.3 Å². The van der Waals surface area contributed by atoms with Crippen LogP contribution in [0.1, 0.15) is 26.2 Å². The van der Waals surface area contributed by atoms with Crippen molar-refractivity contribution in [2.75, 3.05) is 30.3 Å². The molecule has 2 rings (SSSR count). The van der Waals surface area contributed by atoms with Crippen LogP contribution in [0, 0.1) is 5.92 Å². The van der Waals surface area contributed by atoms with Crippen LogP contribution in [-0.4, -0.2) is 55.1 Å². The van der Waals surface area contributed by atoms with Crippen molar-refractivity contribution < 1.29 is 8.42 Å². The summed E-state index contributed by atoms with van der Waals surface area (Å²) in [4.78, 5) is 2.10. The Morgan fingerprint density at radius 3 is 2.78 bits per heavy atom. The zero-order chi connectivity index (χ0) is 13.2. The summed E-state index contributed by atoms with van der Waals surface area (Å²) in [6.45, 7) is 3.32. The van der Waals surface area contributed by atoms with Crippen molar-refractivity contribution in [1.29, 1.82) is 0 Å². The molecule has 1 saturated heterocycles. The molecule has 1 aliphatic carbocycles. The van der Waals surface area contributed by atoms with Gasteiger partial charge in [0.2, 0.25) is 0 Å². The van der Waals surface area contributed by atoms with E-state index in [1.807, 2.05) is 0 Å². The van der Waals surface area contributed by atoms with Crippen LogP contribution in [0.3, 0.4) is 0 Å². The lowest BCUT2D eigenvalue weighted by atomic mass is 10.1. The third kappa shape index (κ3) is 3.85. The van der Waals surface area contributed by atoms with Crippen LogP contribution in [-0.2, 0) is 9.84 Å². The van der Waals surface area contributed by atoms with Gasteiger partial charge in [0, 0.05) is 36.4 Å². The molecule has 1 aliphatic heterocycles. The van der Waals surface area contributed by atoms with Crippen LogP contribution >= 0.6 is 11.8 Å². The lowest BCUT2D eigenvalue weighted by molar-refractivity contribution is 0.246. The van der Waals surface area contributed by atoms with E-state index in [0.717, 1.165) is 31.2 Å². The van der Waals surface area contributed by atoms with Crippen molar-refractivity contribution in [2.24, 2.45) is 11.7 Å². The minimum absolute atomic E-state index is 0.134. The highest BCUT2D eigenvalue weighted by molar-refractivity contribution is 8.01. The maximum Gasteiger partial charge on any atom is 0.166 e. The van der Waals surface area contributed by atoms with Gasteiger partial charge in [0.1, 0.15) is 5.37 Å². The van der Waals surface area contributed by atoms with Gasteiger partial charge in [-0.1, -0.05) is 19.8 Å². The van der Waals surface area contributed by atoms with E-state index in [-0.39, 0.29) is 17.2 Å². The molecule has 0 aromatic heterocycles. The van der Waals surface area contributed by atoms with Crippen molar-refractivity contribution in [3.63, 3.8) is 0 Å². The average Bonchev–Trinajstić information content (AvgIpc) is 3.13. The molecule has 18 heavy (non-hydrogen) atoms. The fraction of sp³-hybridized carbons (Fsp3) is 1.00. The molecule has 2 fully saturated rings. The molecule has 6 heteroatoms. The van der Waals surface area contributed by atoms with Gasteiger partial charge in [-0.3, -0.25) is 4.90 Å². The molecule has 2 unspecified atom stereocenters. The molecule has 0 aromatic carbocycles. The fourth-order valence-electron chi connectivity index (χ4n) is 2.50. The van der Waals surface area contributed by atoms with E-state index >= 15 is 0 Å². The molecule has 0 radical (unpaired) electrons. The smallest absolute Gasteiger partial charge is 0.166 e. The standard InChI is InChI=1S/C12H24N2O2S2/c1-2-18(15,16)12-9-17-6-5-14(12)8-11(13)7-10-3-4-10/h10-12H,2-9,13H2,1H3. The van der Waals surface area contributed by atoms with Gasteiger partial charge in [-0.25, -0.2) is 8.42 Å².